The van der Waals surface area contributed by atoms with Crippen molar-refractivity contribution in [3.63, 3.8) is 0 Å². The largest absolute Gasteiger partial charge is 0.478 e. The van der Waals surface area contributed by atoms with Crippen LogP contribution in [0.5, 0.6) is 11.5 Å². The molecule has 0 saturated heterocycles. The first-order chi connectivity index (χ1) is 14.0. The zero-order valence-corrected chi connectivity index (χ0v) is 17.2. The van der Waals surface area contributed by atoms with Crippen molar-refractivity contribution in [1.82, 2.24) is 5.32 Å². The fraction of sp³-hybridized carbons (Fsp3) is 0.400. The van der Waals surface area contributed by atoms with Crippen LogP contribution in [0, 0.1) is 5.92 Å². The second-order valence-electron chi connectivity index (χ2n) is 6.47. The predicted octanol–water partition coefficient (Wildman–Crippen LogP) is 2.11. The summed E-state index contributed by atoms with van der Waals surface area (Å²) in [4.78, 5) is 12.7. The lowest BCUT2D eigenvalue weighted by molar-refractivity contribution is -0.152. The fourth-order valence-corrected chi connectivity index (χ4v) is 4.16. The second-order valence-corrected chi connectivity index (χ2v) is 7.38. The van der Waals surface area contributed by atoms with Gasteiger partial charge in [0.05, 0.1) is 18.7 Å². The summed E-state index contributed by atoms with van der Waals surface area (Å²) in [5, 5.41) is 2.90. The lowest BCUT2D eigenvalue weighted by atomic mass is 9.91. The number of ether oxygens (including phenoxy) is 4. The van der Waals surface area contributed by atoms with Crippen molar-refractivity contribution >= 4 is 21.1 Å². The number of allylic oxidation sites excluding steroid dienone is 4. The topological polar surface area (TPSA) is 100 Å². The molecule has 0 amide bonds. The first-order valence-electron chi connectivity index (χ1n) is 9.20. The highest BCUT2D eigenvalue weighted by Gasteiger charge is 2.33. The minimum absolute atomic E-state index is 0.109. The number of carbonyl (C=O) groups is 1. The van der Waals surface area contributed by atoms with Gasteiger partial charge in [-0.05, 0) is 30.7 Å². The maximum absolute atomic E-state index is 12.5. The van der Waals surface area contributed by atoms with Gasteiger partial charge in [0, 0.05) is 12.6 Å². The third-order valence-electron chi connectivity index (χ3n) is 4.73. The van der Waals surface area contributed by atoms with Crippen LogP contribution in [0.25, 0.3) is 0 Å². The Morgan fingerprint density at radius 2 is 2.03 bits per heavy atom. The molecule has 2 unspecified atom stereocenters. The zero-order valence-electron chi connectivity index (χ0n) is 16.4. The van der Waals surface area contributed by atoms with E-state index in [-0.39, 0.29) is 11.7 Å². The summed E-state index contributed by atoms with van der Waals surface area (Å²) in [5.41, 5.74) is 1.02. The van der Waals surface area contributed by atoms with Gasteiger partial charge in [-0.25, -0.2) is 4.79 Å². The van der Waals surface area contributed by atoms with Gasteiger partial charge in [0.15, 0.2) is 11.5 Å². The molecule has 1 aromatic rings. The molecule has 0 aromatic heterocycles. The number of hydrogen-bond acceptors (Lipinski definition) is 8. The minimum Gasteiger partial charge on any atom is -0.478 e. The number of benzene rings is 1. The molecule has 0 radical (unpaired) electrons. The molecule has 1 N–H and O–H groups in total. The van der Waals surface area contributed by atoms with Crippen molar-refractivity contribution in [3.8, 4) is 11.5 Å². The van der Waals surface area contributed by atoms with E-state index in [1.165, 1.54) is 7.11 Å². The van der Waals surface area contributed by atoms with E-state index in [1.54, 1.807) is 37.4 Å². The van der Waals surface area contributed by atoms with Crippen LogP contribution in [-0.2, 0) is 24.6 Å². The molecule has 1 aliphatic heterocycles. The summed E-state index contributed by atoms with van der Waals surface area (Å²) >= 11 is 0. The number of carbonyl (C=O) groups excluding carboxylic acids is 1. The monoisotopic (exact) mass is 421 g/mol. The molecule has 9 heteroatoms. The summed E-state index contributed by atoms with van der Waals surface area (Å²) in [6.45, 7) is 2.06. The molecule has 0 spiro atoms. The molecule has 0 fully saturated rings. The second kappa shape index (κ2) is 9.04. The summed E-state index contributed by atoms with van der Waals surface area (Å²) in [5.74, 6) is 0.364. The van der Waals surface area contributed by atoms with Crippen LogP contribution in [0.15, 0.2) is 41.8 Å². The third-order valence-corrected chi connectivity index (χ3v) is 5.60. The van der Waals surface area contributed by atoms with E-state index in [2.05, 4.69) is 5.32 Å². The molecule has 1 aliphatic carbocycles. The zero-order chi connectivity index (χ0) is 21.0. The maximum Gasteiger partial charge on any atom is 0.351 e. The number of nitrogens with one attached hydrogen (secondary N) is 1. The quantitative estimate of drug-likeness (QED) is 0.528. The average Bonchev–Trinajstić information content (AvgIpc) is 3.19. The lowest BCUT2D eigenvalue weighted by Crippen LogP contribution is -2.31. The van der Waals surface area contributed by atoms with E-state index in [0.29, 0.717) is 34.9 Å². The molecule has 1 aromatic carbocycles. The van der Waals surface area contributed by atoms with Gasteiger partial charge in [-0.3, -0.25) is 0 Å². The van der Waals surface area contributed by atoms with Crippen LogP contribution in [-0.4, -0.2) is 40.2 Å². The van der Waals surface area contributed by atoms with E-state index in [9.17, 15) is 13.2 Å². The van der Waals surface area contributed by atoms with Gasteiger partial charge in [-0.15, -0.1) is 0 Å². The van der Waals surface area contributed by atoms with Crippen LogP contribution in [0.1, 0.15) is 31.4 Å². The number of fused-ring (bicyclic) bond motifs is 1. The first kappa shape index (κ1) is 20.8. The number of hydrogen-bond donors (Lipinski definition) is 1. The fourth-order valence-electron chi connectivity index (χ4n) is 3.35. The van der Waals surface area contributed by atoms with Gasteiger partial charge in [-0.2, -0.15) is 8.42 Å². The molecule has 1 heterocycles. The van der Waals surface area contributed by atoms with Crippen molar-refractivity contribution < 1.29 is 32.2 Å². The molecular weight excluding hydrogens is 398 g/mol. The first-order valence-corrected chi connectivity index (χ1v) is 10.3. The third kappa shape index (κ3) is 4.24. The SMILES string of the molecule is CCCC1C(OC(C(=O)OC)c2ccc3c(c2)OCO3)=CC=C(NC)C1=S(=O)=O. The predicted molar refractivity (Wildman–Crippen MR) is 106 cm³/mol. The molecule has 2 aliphatic rings. The van der Waals surface area contributed by atoms with Crippen LogP contribution >= 0.6 is 0 Å². The summed E-state index contributed by atoms with van der Waals surface area (Å²) in [6.07, 6.45) is 3.51. The van der Waals surface area contributed by atoms with E-state index in [4.69, 9.17) is 18.9 Å². The molecular formula is C20H23NO7S. The van der Waals surface area contributed by atoms with E-state index < -0.39 is 28.3 Å². The van der Waals surface area contributed by atoms with Crippen molar-refractivity contribution in [2.75, 3.05) is 21.0 Å². The molecule has 0 bridgehead atoms. The molecule has 29 heavy (non-hydrogen) atoms. The van der Waals surface area contributed by atoms with Crippen molar-refractivity contribution in [3.05, 3.63) is 47.4 Å². The van der Waals surface area contributed by atoms with Crippen LogP contribution in [0.3, 0.4) is 0 Å². The van der Waals surface area contributed by atoms with Crippen LogP contribution < -0.4 is 14.8 Å². The Bertz CT molecular complexity index is 986. The Labute approximate surface area is 170 Å². The lowest BCUT2D eigenvalue weighted by Gasteiger charge is -2.28. The summed E-state index contributed by atoms with van der Waals surface area (Å²) < 4.78 is 45.5. The number of esters is 1. The van der Waals surface area contributed by atoms with Crippen LogP contribution in [0.4, 0.5) is 0 Å². The van der Waals surface area contributed by atoms with E-state index in [1.807, 2.05) is 6.92 Å². The Balaban J connectivity index is 2.00. The Morgan fingerprint density at radius 3 is 2.69 bits per heavy atom. The van der Waals surface area contributed by atoms with Crippen molar-refractivity contribution in [2.45, 2.75) is 25.9 Å². The van der Waals surface area contributed by atoms with Gasteiger partial charge >= 0.3 is 5.97 Å². The van der Waals surface area contributed by atoms with E-state index in [0.717, 1.165) is 6.42 Å². The molecule has 156 valence electrons. The maximum atomic E-state index is 12.5. The van der Waals surface area contributed by atoms with Crippen molar-refractivity contribution in [2.24, 2.45) is 5.92 Å². The molecule has 8 nitrogen and oxygen atoms in total. The normalized spacial score (nSPS) is 18.4. The standard InChI is InChI=1S/C20H23NO7S/c1-4-5-13-15(9-7-14(21-2)19(13)29(23)24)28-18(20(22)25-3)12-6-8-16-17(10-12)27-11-26-16/h6-10,13,18,21H,4-5,11H2,1-3H3. The van der Waals surface area contributed by atoms with Gasteiger partial charge in [0.1, 0.15) is 10.6 Å². The molecule has 0 saturated carbocycles. The summed E-state index contributed by atoms with van der Waals surface area (Å²) in [7, 11) is 0.486. The van der Waals surface area contributed by atoms with Gasteiger partial charge in [0.2, 0.25) is 23.2 Å². The Hall–Kier alpha value is -2.94. The highest BCUT2D eigenvalue weighted by molar-refractivity contribution is 7.73. The van der Waals surface area contributed by atoms with Gasteiger partial charge in [0.25, 0.3) is 0 Å². The number of rotatable bonds is 7. The van der Waals surface area contributed by atoms with Gasteiger partial charge < -0.3 is 24.3 Å². The Morgan fingerprint density at radius 1 is 1.28 bits per heavy atom. The highest BCUT2D eigenvalue weighted by Crippen LogP contribution is 2.37. The molecule has 2 atom stereocenters. The minimum atomic E-state index is -2.44. The average molecular weight is 421 g/mol. The Kier molecular flexibility index (Phi) is 6.48. The van der Waals surface area contributed by atoms with Gasteiger partial charge in [-0.1, -0.05) is 19.4 Å². The molecule has 3 rings (SSSR count). The van der Waals surface area contributed by atoms with Crippen LogP contribution in [0.2, 0.25) is 0 Å². The smallest absolute Gasteiger partial charge is 0.351 e. The summed E-state index contributed by atoms with van der Waals surface area (Å²) in [6, 6.07) is 5.05. The number of methoxy groups -OCH3 is 1. The van der Waals surface area contributed by atoms with E-state index >= 15 is 0 Å². The highest BCUT2D eigenvalue weighted by atomic mass is 32.2. The van der Waals surface area contributed by atoms with Crippen molar-refractivity contribution in [1.29, 1.82) is 0 Å².